The van der Waals surface area contributed by atoms with Crippen molar-refractivity contribution >= 4 is 41.6 Å². The van der Waals surface area contributed by atoms with Crippen LogP contribution < -0.4 is 5.32 Å². The predicted molar refractivity (Wildman–Crippen MR) is 115 cm³/mol. The fourth-order valence-electron chi connectivity index (χ4n) is 2.77. The molecule has 0 radical (unpaired) electrons. The number of pyridine rings is 2. The summed E-state index contributed by atoms with van der Waals surface area (Å²) in [5, 5.41) is 3.96. The topological polar surface area (TPSA) is 58.1 Å². The van der Waals surface area contributed by atoms with E-state index in [9.17, 15) is 4.79 Å². The number of rotatable bonds is 5. The Labute approximate surface area is 172 Å². The minimum Gasteiger partial charge on any atom is -0.340 e. The predicted octanol–water partition coefficient (Wildman–Crippen LogP) is 3.74. The lowest BCUT2D eigenvalue weighted by atomic mass is 10.0. The molecule has 3 aromatic rings. The summed E-state index contributed by atoms with van der Waals surface area (Å²) in [6.45, 7) is 3.42. The van der Waals surface area contributed by atoms with Gasteiger partial charge in [-0.05, 0) is 44.3 Å². The number of hydrogen-bond donors (Lipinski definition) is 1. The standard InChI is InChI=1S/C20H22N4O.2ClH/c1-14-6-7-18-16(11-14)17(20(25)24(3)10-9-21-2)12-19(23-18)15-5-4-8-22-13-15;;/h4-8,11-13,21H,9-10H2,1-3H3;2*1H. The van der Waals surface area contributed by atoms with Gasteiger partial charge in [-0.2, -0.15) is 0 Å². The van der Waals surface area contributed by atoms with Crippen LogP contribution in [0.15, 0.2) is 48.8 Å². The van der Waals surface area contributed by atoms with Gasteiger partial charge in [-0.3, -0.25) is 9.78 Å². The van der Waals surface area contributed by atoms with E-state index in [1.165, 1.54) is 0 Å². The van der Waals surface area contributed by atoms with E-state index in [-0.39, 0.29) is 30.7 Å². The molecule has 3 rings (SSSR count). The van der Waals surface area contributed by atoms with Gasteiger partial charge in [0, 0.05) is 43.5 Å². The van der Waals surface area contributed by atoms with Crippen molar-refractivity contribution < 1.29 is 4.79 Å². The summed E-state index contributed by atoms with van der Waals surface area (Å²) in [6, 6.07) is 11.7. The molecular weight excluding hydrogens is 383 g/mol. The third-order valence-electron chi connectivity index (χ3n) is 4.20. The van der Waals surface area contributed by atoms with Crippen LogP contribution in [0.1, 0.15) is 15.9 Å². The summed E-state index contributed by atoms with van der Waals surface area (Å²) < 4.78 is 0. The number of carbonyl (C=O) groups is 1. The molecule has 0 spiro atoms. The summed E-state index contributed by atoms with van der Waals surface area (Å²) >= 11 is 0. The van der Waals surface area contributed by atoms with E-state index in [1.54, 1.807) is 17.3 Å². The highest BCUT2D eigenvalue weighted by Gasteiger charge is 2.17. The first-order valence-corrected chi connectivity index (χ1v) is 8.32. The summed E-state index contributed by atoms with van der Waals surface area (Å²) in [4.78, 5) is 23.6. The molecular formula is C20H24Cl2N4O. The third-order valence-corrected chi connectivity index (χ3v) is 4.20. The van der Waals surface area contributed by atoms with Crippen molar-refractivity contribution in [2.24, 2.45) is 0 Å². The van der Waals surface area contributed by atoms with Gasteiger partial charge >= 0.3 is 0 Å². The zero-order chi connectivity index (χ0) is 17.8. The molecule has 0 saturated carbocycles. The number of carbonyl (C=O) groups excluding carboxylic acids is 1. The molecule has 2 heterocycles. The molecule has 0 aliphatic carbocycles. The van der Waals surface area contributed by atoms with Crippen LogP contribution in [0.2, 0.25) is 0 Å². The van der Waals surface area contributed by atoms with E-state index in [4.69, 9.17) is 4.98 Å². The maximum absolute atomic E-state index is 13.0. The molecule has 27 heavy (non-hydrogen) atoms. The van der Waals surface area contributed by atoms with Gasteiger partial charge in [0.05, 0.1) is 16.8 Å². The number of aromatic nitrogens is 2. The van der Waals surface area contributed by atoms with Crippen LogP contribution in [0, 0.1) is 6.92 Å². The van der Waals surface area contributed by atoms with Gasteiger partial charge in [-0.15, -0.1) is 24.8 Å². The molecule has 0 saturated heterocycles. The minimum atomic E-state index is -0.00149. The molecule has 144 valence electrons. The number of fused-ring (bicyclic) bond motifs is 1. The highest BCUT2D eigenvalue weighted by molar-refractivity contribution is 6.07. The summed E-state index contributed by atoms with van der Waals surface area (Å²) in [6.07, 6.45) is 3.49. The molecule has 0 aliphatic rings. The molecule has 0 aliphatic heterocycles. The fraction of sp³-hybridized carbons (Fsp3) is 0.250. The molecule has 1 amide bonds. The molecule has 0 bridgehead atoms. The molecule has 0 fully saturated rings. The number of likely N-dealkylation sites (N-methyl/N-ethyl adjacent to an activating group) is 2. The van der Waals surface area contributed by atoms with Gasteiger partial charge in [-0.1, -0.05) is 11.6 Å². The van der Waals surface area contributed by atoms with Crippen molar-refractivity contribution in [3.8, 4) is 11.3 Å². The van der Waals surface area contributed by atoms with Crippen molar-refractivity contribution in [1.82, 2.24) is 20.2 Å². The van der Waals surface area contributed by atoms with Crippen LogP contribution in [0.25, 0.3) is 22.2 Å². The Hall–Kier alpha value is -2.21. The van der Waals surface area contributed by atoms with Crippen molar-refractivity contribution in [2.75, 3.05) is 27.2 Å². The zero-order valence-electron chi connectivity index (χ0n) is 15.6. The molecule has 0 atom stereocenters. The average molecular weight is 407 g/mol. The van der Waals surface area contributed by atoms with Gasteiger partial charge in [0.2, 0.25) is 0 Å². The van der Waals surface area contributed by atoms with Crippen LogP contribution in [0.3, 0.4) is 0 Å². The first kappa shape index (κ1) is 22.8. The number of nitrogens with zero attached hydrogens (tertiary/aromatic N) is 3. The Balaban J connectivity index is 0.00000182. The lowest BCUT2D eigenvalue weighted by Gasteiger charge is -2.19. The van der Waals surface area contributed by atoms with Crippen LogP contribution in [-0.4, -0.2) is 48.0 Å². The van der Waals surface area contributed by atoms with Gasteiger partial charge < -0.3 is 10.2 Å². The van der Waals surface area contributed by atoms with E-state index in [0.29, 0.717) is 12.1 Å². The first-order chi connectivity index (χ1) is 12.1. The minimum absolute atomic E-state index is 0. The summed E-state index contributed by atoms with van der Waals surface area (Å²) in [5.41, 5.74) is 4.26. The SMILES string of the molecule is CNCCN(C)C(=O)c1cc(-c2cccnc2)nc2ccc(C)cc12.Cl.Cl. The van der Waals surface area contributed by atoms with E-state index < -0.39 is 0 Å². The molecule has 7 heteroatoms. The van der Waals surface area contributed by atoms with Crippen molar-refractivity contribution in [1.29, 1.82) is 0 Å². The van der Waals surface area contributed by atoms with Gasteiger partial charge in [0.25, 0.3) is 5.91 Å². The Kier molecular flexibility index (Phi) is 8.63. The van der Waals surface area contributed by atoms with Crippen molar-refractivity contribution in [2.45, 2.75) is 6.92 Å². The Bertz CT molecular complexity index is 903. The van der Waals surface area contributed by atoms with Crippen molar-refractivity contribution in [3.05, 3.63) is 59.9 Å². The van der Waals surface area contributed by atoms with E-state index in [2.05, 4.69) is 10.3 Å². The molecule has 0 unspecified atom stereocenters. The fourth-order valence-corrected chi connectivity index (χ4v) is 2.77. The largest absolute Gasteiger partial charge is 0.340 e. The third kappa shape index (κ3) is 5.16. The maximum atomic E-state index is 13.0. The molecule has 1 aromatic carbocycles. The molecule has 5 nitrogen and oxygen atoms in total. The lowest BCUT2D eigenvalue weighted by molar-refractivity contribution is 0.0799. The maximum Gasteiger partial charge on any atom is 0.254 e. The van der Waals surface area contributed by atoms with Gasteiger partial charge in [0.15, 0.2) is 0 Å². The Morgan fingerprint density at radius 2 is 1.96 bits per heavy atom. The van der Waals surface area contributed by atoms with E-state index in [1.807, 2.05) is 57.4 Å². The van der Waals surface area contributed by atoms with E-state index >= 15 is 0 Å². The van der Waals surface area contributed by atoms with Gasteiger partial charge in [0.1, 0.15) is 0 Å². The second-order valence-electron chi connectivity index (χ2n) is 6.15. The zero-order valence-corrected chi connectivity index (χ0v) is 17.2. The second-order valence-corrected chi connectivity index (χ2v) is 6.15. The average Bonchev–Trinajstić information content (AvgIpc) is 2.65. The van der Waals surface area contributed by atoms with Crippen LogP contribution in [0.5, 0.6) is 0 Å². The number of hydrogen-bond acceptors (Lipinski definition) is 4. The normalized spacial score (nSPS) is 10.0. The second kappa shape index (κ2) is 10.2. The number of amides is 1. The monoisotopic (exact) mass is 406 g/mol. The van der Waals surface area contributed by atoms with Gasteiger partial charge in [-0.25, -0.2) is 4.98 Å². The number of nitrogens with one attached hydrogen (secondary N) is 1. The van der Waals surface area contributed by atoms with Crippen molar-refractivity contribution in [3.63, 3.8) is 0 Å². The van der Waals surface area contributed by atoms with E-state index in [0.717, 1.165) is 34.3 Å². The lowest BCUT2D eigenvalue weighted by Crippen LogP contribution is -2.33. The quantitative estimate of drug-likeness (QED) is 0.700. The summed E-state index contributed by atoms with van der Waals surface area (Å²) in [5.74, 6) is -0.00149. The Morgan fingerprint density at radius 1 is 1.19 bits per heavy atom. The highest BCUT2D eigenvalue weighted by Crippen LogP contribution is 2.26. The number of benzene rings is 1. The van der Waals surface area contributed by atoms with Crippen LogP contribution in [-0.2, 0) is 0 Å². The van der Waals surface area contributed by atoms with Crippen LogP contribution >= 0.6 is 24.8 Å². The van der Waals surface area contributed by atoms with Crippen LogP contribution in [0.4, 0.5) is 0 Å². The highest BCUT2D eigenvalue weighted by atomic mass is 35.5. The number of aryl methyl sites for hydroxylation is 1. The smallest absolute Gasteiger partial charge is 0.254 e. The number of halogens is 2. The first-order valence-electron chi connectivity index (χ1n) is 8.32. The summed E-state index contributed by atoms with van der Waals surface area (Å²) in [7, 11) is 3.70. The molecule has 1 N–H and O–H groups in total. The Morgan fingerprint density at radius 3 is 2.63 bits per heavy atom. The molecule has 2 aromatic heterocycles.